The van der Waals surface area contributed by atoms with Gasteiger partial charge in [-0.3, -0.25) is 9.97 Å². The zero-order valence-electron chi connectivity index (χ0n) is 13.1. The minimum atomic E-state index is -0.00367. The number of aromatic nitrogens is 2. The van der Waals surface area contributed by atoms with Crippen molar-refractivity contribution in [1.29, 1.82) is 0 Å². The first-order valence-electron chi connectivity index (χ1n) is 7.27. The minimum Gasteiger partial charge on any atom is -0.260 e. The molecule has 0 aliphatic rings. The highest BCUT2D eigenvalue weighted by molar-refractivity contribution is 5.23. The lowest BCUT2D eigenvalue weighted by molar-refractivity contribution is 0.497. The van der Waals surface area contributed by atoms with Crippen LogP contribution in [0.4, 0.5) is 0 Å². The molecule has 20 heavy (non-hydrogen) atoms. The number of hydrogen-bond donors (Lipinski definition) is 0. The highest BCUT2D eigenvalue weighted by Crippen LogP contribution is 2.26. The van der Waals surface area contributed by atoms with Crippen molar-refractivity contribution in [2.24, 2.45) is 0 Å². The van der Waals surface area contributed by atoms with Crippen molar-refractivity contribution in [3.63, 3.8) is 0 Å². The summed E-state index contributed by atoms with van der Waals surface area (Å²) in [6, 6.07) is 10.6. The molecular weight excluding hydrogens is 244 g/mol. The fraction of sp³-hybridized carbons (Fsp3) is 0.444. The molecule has 0 atom stereocenters. The number of nitrogens with zero attached hydrogens (tertiary/aromatic N) is 2. The number of pyridine rings is 2. The van der Waals surface area contributed by atoms with Crippen molar-refractivity contribution >= 4 is 0 Å². The largest absolute Gasteiger partial charge is 0.260 e. The smallest absolute Gasteiger partial charge is 0.0463 e. The number of rotatable bonds is 4. The average Bonchev–Trinajstić information content (AvgIpc) is 2.39. The molecule has 0 N–H and O–H groups in total. The zero-order chi connectivity index (χ0) is 14.8. The third-order valence-electron chi connectivity index (χ3n) is 3.65. The normalized spacial score (nSPS) is 11.9. The fourth-order valence-corrected chi connectivity index (χ4v) is 2.33. The molecule has 2 heteroatoms. The highest BCUT2D eigenvalue weighted by atomic mass is 14.7. The van der Waals surface area contributed by atoms with Crippen LogP contribution in [0.5, 0.6) is 0 Å². The van der Waals surface area contributed by atoms with Crippen LogP contribution < -0.4 is 0 Å². The van der Waals surface area contributed by atoms with Gasteiger partial charge in [0.15, 0.2) is 0 Å². The third kappa shape index (κ3) is 3.44. The first-order chi connectivity index (χ1) is 9.38. The standard InChI is InChI=1S/C18H24N2/c1-13(2)16-8-6-7-15(20-16)11-18(4,5)17-10-9-14(3)12-19-17/h6-10,12-13H,11H2,1-5H3. The van der Waals surface area contributed by atoms with E-state index in [1.54, 1.807) is 0 Å². The van der Waals surface area contributed by atoms with Crippen LogP contribution in [0.3, 0.4) is 0 Å². The van der Waals surface area contributed by atoms with Crippen LogP contribution in [-0.4, -0.2) is 9.97 Å². The SMILES string of the molecule is Cc1ccc(C(C)(C)Cc2cccc(C(C)C)n2)nc1. The van der Waals surface area contributed by atoms with Crippen molar-refractivity contribution in [2.45, 2.75) is 52.4 Å². The summed E-state index contributed by atoms with van der Waals surface area (Å²) < 4.78 is 0. The molecule has 0 bridgehead atoms. The van der Waals surface area contributed by atoms with Gasteiger partial charge in [-0.05, 0) is 36.6 Å². The molecule has 0 saturated heterocycles. The van der Waals surface area contributed by atoms with Crippen LogP contribution in [0.25, 0.3) is 0 Å². The Kier molecular flexibility index (Phi) is 4.22. The van der Waals surface area contributed by atoms with Crippen LogP contribution in [0.1, 0.15) is 56.3 Å². The van der Waals surface area contributed by atoms with E-state index >= 15 is 0 Å². The second-order valence-corrected chi connectivity index (χ2v) is 6.49. The first kappa shape index (κ1) is 14.7. The Bertz CT molecular complexity index is 568. The third-order valence-corrected chi connectivity index (χ3v) is 3.65. The van der Waals surface area contributed by atoms with Gasteiger partial charge in [0, 0.05) is 35.1 Å². The first-order valence-corrected chi connectivity index (χ1v) is 7.27. The monoisotopic (exact) mass is 268 g/mol. The van der Waals surface area contributed by atoms with E-state index in [2.05, 4.69) is 69.9 Å². The predicted molar refractivity (Wildman–Crippen MR) is 84.0 cm³/mol. The van der Waals surface area contributed by atoms with Gasteiger partial charge in [0.05, 0.1) is 0 Å². The topological polar surface area (TPSA) is 25.8 Å². The van der Waals surface area contributed by atoms with Gasteiger partial charge in [0.25, 0.3) is 0 Å². The summed E-state index contributed by atoms with van der Waals surface area (Å²) in [5, 5.41) is 0. The van der Waals surface area contributed by atoms with E-state index in [1.165, 1.54) is 5.56 Å². The van der Waals surface area contributed by atoms with E-state index in [4.69, 9.17) is 4.98 Å². The van der Waals surface area contributed by atoms with E-state index in [1.807, 2.05) is 6.20 Å². The van der Waals surface area contributed by atoms with Crippen LogP contribution >= 0.6 is 0 Å². The maximum absolute atomic E-state index is 4.77. The maximum atomic E-state index is 4.77. The van der Waals surface area contributed by atoms with Crippen LogP contribution in [0.15, 0.2) is 36.5 Å². The van der Waals surface area contributed by atoms with Gasteiger partial charge >= 0.3 is 0 Å². The highest BCUT2D eigenvalue weighted by Gasteiger charge is 2.23. The second-order valence-electron chi connectivity index (χ2n) is 6.49. The quantitative estimate of drug-likeness (QED) is 0.820. The molecule has 2 aromatic rings. The molecule has 0 amide bonds. The van der Waals surface area contributed by atoms with Crippen molar-refractivity contribution in [3.05, 3.63) is 59.2 Å². The second kappa shape index (κ2) is 5.74. The Morgan fingerprint density at radius 3 is 2.45 bits per heavy atom. The summed E-state index contributed by atoms with van der Waals surface area (Å²) in [4.78, 5) is 9.35. The van der Waals surface area contributed by atoms with Gasteiger partial charge in [-0.25, -0.2) is 0 Å². The van der Waals surface area contributed by atoms with Crippen LogP contribution in [0, 0.1) is 6.92 Å². The molecule has 0 aliphatic carbocycles. The molecule has 2 aromatic heterocycles. The Balaban J connectivity index is 2.23. The Morgan fingerprint density at radius 1 is 1.10 bits per heavy atom. The zero-order valence-corrected chi connectivity index (χ0v) is 13.1. The van der Waals surface area contributed by atoms with E-state index in [-0.39, 0.29) is 5.41 Å². The summed E-state index contributed by atoms with van der Waals surface area (Å²) in [5.74, 6) is 0.468. The molecular formula is C18H24N2. The molecule has 0 aromatic carbocycles. The van der Waals surface area contributed by atoms with E-state index < -0.39 is 0 Å². The van der Waals surface area contributed by atoms with E-state index in [0.29, 0.717) is 5.92 Å². The molecule has 2 nitrogen and oxygen atoms in total. The number of aryl methyl sites for hydroxylation is 1. The summed E-state index contributed by atoms with van der Waals surface area (Å²) in [6.07, 6.45) is 2.85. The molecule has 106 valence electrons. The van der Waals surface area contributed by atoms with Gasteiger partial charge < -0.3 is 0 Å². The van der Waals surface area contributed by atoms with E-state index in [9.17, 15) is 0 Å². The van der Waals surface area contributed by atoms with Crippen molar-refractivity contribution in [1.82, 2.24) is 9.97 Å². The number of hydrogen-bond acceptors (Lipinski definition) is 2. The van der Waals surface area contributed by atoms with Gasteiger partial charge in [-0.1, -0.05) is 39.8 Å². The molecule has 0 saturated carbocycles. The van der Waals surface area contributed by atoms with Crippen molar-refractivity contribution in [2.75, 3.05) is 0 Å². The average molecular weight is 268 g/mol. The van der Waals surface area contributed by atoms with Crippen molar-refractivity contribution < 1.29 is 0 Å². The Morgan fingerprint density at radius 2 is 1.85 bits per heavy atom. The van der Waals surface area contributed by atoms with Gasteiger partial charge in [0.2, 0.25) is 0 Å². The van der Waals surface area contributed by atoms with Gasteiger partial charge in [-0.2, -0.15) is 0 Å². The molecule has 0 aliphatic heterocycles. The Hall–Kier alpha value is -1.70. The van der Waals surface area contributed by atoms with Crippen LogP contribution in [-0.2, 0) is 11.8 Å². The predicted octanol–water partition coefficient (Wildman–Crippen LogP) is 4.43. The molecule has 2 heterocycles. The van der Waals surface area contributed by atoms with Gasteiger partial charge in [-0.15, -0.1) is 0 Å². The lowest BCUT2D eigenvalue weighted by atomic mass is 9.83. The molecule has 0 fully saturated rings. The van der Waals surface area contributed by atoms with Gasteiger partial charge in [0.1, 0.15) is 0 Å². The summed E-state index contributed by atoms with van der Waals surface area (Å²) >= 11 is 0. The molecule has 0 unspecified atom stereocenters. The lowest BCUT2D eigenvalue weighted by Crippen LogP contribution is -2.22. The summed E-state index contributed by atoms with van der Waals surface area (Å²) in [6.45, 7) is 10.9. The van der Waals surface area contributed by atoms with Crippen LogP contribution in [0.2, 0.25) is 0 Å². The summed E-state index contributed by atoms with van der Waals surface area (Å²) in [7, 11) is 0. The lowest BCUT2D eigenvalue weighted by Gasteiger charge is -2.24. The van der Waals surface area contributed by atoms with Crippen molar-refractivity contribution in [3.8, 4) is 0 Å². The summed E-state index contributed by atoms with van der Waals surface area (Å²) in [5.41, 5.74) is 4.62. The Labute approximate surface area is 122 Å². The fourth-order valence-electron chi connectivity index (χ4n) is 2.33. The molecule has 0 spiro atoms. The minimum absolute atomic E-state index is 0.00367. The molecule has 2 rings (SSSR count). The maximum Gasteiger partial charge on any atom is 0.0463 e. The molecule has 0 radical (unpaired) electrons. The van der Waals surface area contributed by atoms with E-state index in [0.717, 1.165) is 23.5 Å².